The van der Waals surface area contributed by atoms with E-state index in [1.54, 1.807) is 7.05 Å². The van der Waals surface area contributed by atoms with Crippen molar-refractivity contribution < 1.29 is 22.6 Å². The number of methoxy groups -OCH3 is 1. The minimum atomic E-state index is -4.42. The molecular formula is C12H16F3NO2. The normalized spacial score (nSPS) is 13.4. The van der Waals surface area contributed by atoms with Crippen molar-refractivity contribution in [1.29, 1.82) is 0 Å². The molecule has 0 aliphatic heterocycles. The van der Waals surface area contributed by atoms with Gasteiger partial charge < -0.3 is 14.8 Å². The van der Waals surface area contributed by atoms with E-state index in [-0.39, 0.29) is 12.4 Å². The van der Waals surface area contributed by atoms with Crippen LogP contribution in [0.1, 0.15) is 5.56 Å². The molecule has 0 aliphatic rings. The summed E-state index contributed by atoms with van der Waals surface area (Å²) in [4.78, 5) is 0. The zero-order chi connectivity index (χ0) is 13.6. The van der Waals surface area contributed by atoms with Gasteiger partial charge in [0.25, 0.3) is 0 Å². The second kappa shape index (κ2) is 6.61. The average molecular weight is 263 g/mol. The quantitative estimate of drug-likeness (QED) is 0.854. The molecule has 0 spiro atoms. The summed E-state index contributed by atoms with van der Waals surface area (Å²) < 4.78 is 48.5. The van der Waals surface area contributed by atoms with Gasteiger partial charge in [-0.2, -0.15) is 13.2 Å². The topological polar surface area (TPSA) is 30.5 Å². The first-order valence-electron chi connectivity index (χ1n) is 5.45. The van der Waals surface area contributed by atoms with Crippen molar-refractivity contribution >= 4 is 0 Å². The van der Waals surface area contributed by atoms with Gasteiger partial charge in [0.15, 0.2) is 0 Å². The summed E-state index contributed by atoms with van der Waals surface area (Å²) in [6, 6.07) is 5.15. The van der Waals surface area contributed by atoms with Crippen molar-refractivity contribution in [2.75, 3.05) is 27.3 Å². The summed E-state index contributed by atoms with van der Waals surface area (Å²) in [6.45, 7) is 0.618. The summed E-state index contributed by atoms with van der Waals surface area (Å²) in [6.07, 6.45) is -4.89. The highest BCUT2D eigenvalue weighted by molar-refractivity contribution is 5.35. The fourth-order valence-corrected chi connectivity index (χ4v) is 1.53. The van der Waals surface area contributed by atoms with Crippen LogP contribution in [0.3, 0.4) is 0 Å². The fourth-order valence-electron chi connectivity index (χ4n) is 1.53. The molecule has 102 valence electrons. The van der Waals surface area contributed by atoms with E-state index in [1.807, 2.05) is 0 Å². The van der Waals surface area contributed by atoms with Gasteiger partial charge in [0.2, 0.25) is 0 Å². The third-order valence-corrected chi connectivity index (χ3v) is 2.27. The summed E-state index contributed by atoms with van der Waals surface area (Å²) in [7, 11) is 3.17. The third-order valence-electron chi connectivity index (χ3n) is 2.27. The Morgan fingerprint density at radius 2 is 1.94 bits per heavy atom. The first-order chi connectivity index (χ1) is 8.49. The number of para-hydroxylation sites is 1. The minimum Gasteiger partial charge on any atom is -0.486 e. The van der Waals surface area contributed by atoms with E-state index in [2.05, 4.69) is 5.32 Å². The molecule has 18 heavy (non-hydrogen) atoms. The first-order valence-corrected chi connectivity index (χ1v) is 5.45. The van der Waals surface area contributed by atoms with Crippen LogP contribution in [0.25, 0.3) is 0 Å². The molecule has 0 saturated heterocycles. The SMILES string of the molecule is CNCC(COC)Oc1ccccc1C(F)(F)F. The minimum absolute atomic E-state index is 0.178. The van der Waals surface area contributed by atoms with Crippen molar-refractivity contribution in [2.24, 2.45) is 0 Å². The van der Waals surface area contributed by atoms with Crippen molar-refractivity contribution in [1.82, 2.24) is 5.32 Å². The molecule has 6 heteroatoms. The van der Waals surface area contributed by atoms with Crippen molar-refractivity contribution in [3.05, 3.63) is 29.8 Å². The number of halogens is 3. The molecule has 0 aromatic heterocycles. The second-order valence-corrected chi connectivity index (χ2v) is 3.75. The maximum atomic E-state index is 12.7. The van der Waals surface area contributed by atoms with Gasteiger partial charge in [-0.15, -0.1) is 0 Å². The van der Waals surface area contributed by atoms with E-state index in [1.165, 1.54) is 25.3 Å². The van der Waals surface area contributed by atoms with Crippen LogP contribution in [-0.2, 0) is 10.9 Å². The van der Waals surface area contributed by atoms with Crippen molar-refractivity contribution in [3.63, 3.8) is 0 Å². The van der Waals surface area contributed by atoms with Crippen LogP contribution < -0.4 is 10.1 Å². The van der Waals surface area contributed by atoms with E-state index in [9.17, 15) is 13.2 Å². The van der Waals surface area contributed by atoms with Crippen LogP contribution in [0, 0.1) is 0 Å². The standard InChI is InChI=1S/C12H16F3NO2/c1-16-7-9(8-17-2)18-11-6-4-3-5-10(11)12(13,14)15/h3-6,9,16H,7-8H2,1-2H3. The highest BCUT2D eigenvalue weighted by atomic mass is 19.4. The lowest BCUT2D eigenvalue weighted by Crippen LogP contribution is -2.33. The monoisotopic (exact) mass is 263 g/mol. The van der Waals surface area contributed by atoms with Crippen LogP contribution in [0.2, 0.25) is 0 Å². The van der Waals surface area contributed by atoms with E-state index in [0.717, 1.165) is 6.07 Å². The lowest BCUT2D eigenvalue weighted by atomic mass is 10.2. The van der Waals surface area contributed by atoms with Crippen molar-refractivity contribution in [2.45, 2.75) is 12.3 Å². The van der Waals surface area contributed by atoms with Gasteiger partial charge in [-0.05, 0) is 19.2 Å². The Kier molecular flexibility index (Phi) is 5.43. The number of nitrogens with one attached hydrogen (secondary N) is 1. The molecule has 1 aromatic carbocycles. The molecule has 1 N–H and O–H groups in total. The molecule has 0 aliphatic carbocycles. The van der Waals surface area contributed by atoms with Crippen molar-refractivity contribution in [3.8, 4) is 5.75 Å². The van der Waals surface area contributed by atoms with Crippen LogP contribution in [0.15, 0.2) is 24.3 Å². The summed E-state index contributed by atoms with van der Waals surface area (Å²) in [5.41, 5.74) is -0.776. The lowest BCUT2D eigenvalue weighted by Gasteiger charge is -2.20. The van der Waals surface area contributed by atoms with Gasteiger partial charge in [-0.25, -0.2) is 0 Å². The molecule has 1 aromatic rings. The predicted octanol–water partition coefficient (Wildman–Crippen LogP) is 2.32. The second-order valence-electron chi connectivity index (χ2n) is 3.75. The zero-order valence-corrected chi connectivity index (χ0v) is 10.3. The zero-order valence-electron chi connectivity index (χ0n) is 10.3. The Bertz CT molecular complexity index is 363. The number of likely N-dealkylation sites (N-methyl/N-ethyl adjacent to an activating group) is 1. The molecule has 0 saturated carbocycles. The Hall–Kier alpha value is -1.27. The number of ether oxygens (including phenoxy) is 2. The van der Waals surface area contributed by atoms with Crippen LogP contribution in [0.5, 0.6) is 5.75 Å². The molecule has 0 bridgehead atoms. The molecule has 0 amide bonds. The molecular weight excluding hydrogens is 247 g/mol. The Labute approximate surface area is 104 Å². The number of rotatable bonds is 6. The summed E-state index contributed by atoms with van der Waals surface area (Å²) in [5.74, 6) is -0.178. The van der Waals surface area contributed by atoms with Gasteiger partial charge in [0.1, 0.15) is 11.9 Å². The van der Waals surface area contributed by atoms with Crippen LogP contribution >= 0.6 is 0 Å². The molecule has 0 radical (unpaired) electrons. The fraction of sp³-hybridized carbons (Fsp3) is 0.500. The molecule has 1 atom stereocenters. The Balaban J connectivity index is 2.88. The van der Waals surface area contributed by atoms with Crippen LogP contribution in [0.4, 0.5) is 13.2 Å². The highest BCUT2D eigenvalue weighted by Crippen LogP contribution is 2.36. The van der Waals surface area contributed by atoms with Gasteiger partial charge in [0.05, 0.1) is 12.2 Å². The van der Waals surface area contributed by atoms with Gasteiger partial charge >= 0.3 is 6.18 Å². The van der Waals surface area contributed by atoms with E-state index < -0.39 is 17.8 Å². The summed E-state index contributed by atoms with van der Waals surface area (Å²) in [5, 5.41) is 2.84. The number of hydrogen-bond donors (Lipinski definition) is 1. The largest absolute Gasteiger partial charge is 0.486 e. The first kappa shape index (κ1) is 14.8. The van der Waals surface area contributed by atoms with Gasteiger partial charge in [0, 0.05) is 13.7 Å². The lowest BCUT2D eigenvalue weighted by molar-refractivity contribution is -0.139. The maximum absolute atomic E-state index is 12.7. The van der Waals surface area contributed by atoms with E-state index >= 15 is 0 Å². The Morgan fingerprint density at radius 1 is 1.28 bits per heavy atom. The number of alkyl halides is 3. The smallest absolute Gasteiger partial charge is 0.419 e. The molecule has 0 heterocycles. The average Bonchev–Trinajstić information content (AvgIpc) is 2.29. The highest BCUT2D eigenvalue weighted by Gasteiger charge is 2.34. The number of benzene rings is 1. The summed E-state index contributed by atoms with van der Waals surface area (Å²) >= 11 is 0. The van der Waals surface area contributed by atoms with Gasteiger partial charge in [-0.1, -0.05) is 12.1 Å². The number of hydrogen-bond acceptors (Lipinski definition) is 3. The molecule has 1 rings (SSSR count). The molecule has 1 unspecified atom stereocenters. The predicted molar refractivity (Wildman–Crippen MR) is 61.7 cm³/mol. The van der Waals surface area contributed by atoms with Gasteiger partial charge in [-0.3, -0.25) is 0 Å². The van der Waals surface area contributed by atoms with E-state index in [4.69, 9.17) is 9.47 Å². The molecule has 0 fully saturated rings. The Morgan fingerprint density at radius 3 is 2.50 bits per heavy atom. The van der Waals surface area contributed by atoms with E-state index in [0.29, 0.717) is 6.54 Å². The van der Waals surface area contributed by atoms with Crippen LogP contribution in [-0.4, -0.2) is 33.4 Å². The maximum Gasteiger partial charge on any atom is 0.419 e. The third kappa shape index (κ3) is 4.19. The molecule has 3 nitrogen and oxygen atoms in total.